The van der Waals surface area contributed by atoms with Gasteiger partial charge in [-0.1, -0.05) is 57.5 Å². The van der Waals surface area contributed by atoms with Gasteiger partial charge in [-0.3, -0.25) is 0 Å². The summed E-state index contributed by atoms with van der Waals surface area (Å²) in [7, 11) is -0.718. The van der Waals surface area contributed by atoms with Crippen molar-refractivity contribution in [3.8, 4) is 0 Å². The number of ether oxygens (including phenoxy) is 2. The fourth-order valence-electron chi connectivity index (χ4n) is 4.17. The minimum atomic E-state index is -2.12. The van der Waals surface area contributed by atoms with Crippen molar-refractivity contribution in [3.63, 3.8) is 0 Å². The number of carbonyl (C=O) groups excluding carboxylic acids is 1. The Morgan fingerprint density at radius 2 is 1.86 bits per heavy atom. The van der Waals surface area contributed by atoms with Crippen LogP contribution in [0.1, 0.15) is 57.9 Å². The van der Waals surface area contributed by atoms with E-state index in [0.717, 1.165) is 25.7 Å². The van der Waals surface area contributed by atoms with E-state index in [9.17, 15) is 4.79 Å². The summed E-state index contributed by atoms with van der Waals surface area (Å²) in [6.07, 6.45) is 5.98. The molecule has 1 fully saturated rings. The first-order valence-corrected chi connectivity index (χ1v) is 13.2. The highest BCUT2D eigenvalue weighted by Gasteiger charge is 2.55. The highest BCUT2D eigenvalue weighted by Crippen LogP contribution is 2.53. The number of allylic oxidation sites excluding steroid dienone is 1. The third-order valence-corrected chi connectivity index (χ3v) is 11.2. The third kappa shape index (κ3) is 3.92. The molecule has 0 saturated heterocycles. The molecule has 0 radical (unpaired) electrons. The van der Waals surface area contributed by atoms with Crippen molar-refractivity contribution < 1.29 is 18.7 Å². The summed E-state index contributed by atoms with van der Waals surface area (Å²) >= 11 is 0. The highest BCUT2D eigenvalue weighted by atomic mass is 28.4. The predicted molar refractivity (Wildman–Crippen MR) is 113 cm³/mol. The summed E-state index contributed by atoms with van der Waals surface area (Å²) in [5, 5.41) is 0.0575. The van der Waals surface area contributed by atoms with E-state index in [1.165, 1.54) is 12.7 Å². The first-order chi connectivity index (χ1) is 13.1. The molecule has 154 valence electrons. The van der Waals surface area contributed by atoms with Gasteiger partial charge in [-0.2, -0.15) is 0 Å². The first-order valence-electron chi connectivity index (χ1n) is 10.3. The van der Waals surface area contributed by atoms with Crippen LogP contribution in [0.4, 0.5) is 0 Å². The van der Waals surface area contributed by atoms with E-state index in [2.05, 4.69) is 58.1 Å². The van der Waals surface area contributed by atoms with Gasteiger partial charge in [0.15, 0.2) is 8.32 Å². The lowest BCUT2D eigenvalue weighted by atomic mass is 9.71. The summed E-state index contributed by atoms with van der Waals surface area (Å²) in [6, 6.07) is 10.4. The van der Waals surface area contributed by atoms with Gasteiger partial charge in [-0.25, -0.2) is 4.79 Å². The topological polar surface area (TPSA) is 44.8 Å². The molecule has 1 aliphatic heterocycles. The van der Waals surface area contributed by atoms with E-state index < -0.39 is 20.1 Å². The quantitative estimate of drug-likeness (QED) is 0.474. The zero-order chi connectivity index (χ0) is 20.6. The van der Waals surface area contributed by atoms with Crippen molar-refractivity contribution in [1.82, 2.24) is 0 Å². The van der Waals surface area contributed by atoms with Gasteiger partial charge in [-0.05, 0) is 42.6 Å². The lowest BCUT2D eigenvalue weighted by molar-refractivity contribution is -0.232. The van der Waals surface area contributed by atoms with Gasteiger partial charge >= 0.3 is 5.97 Å². The number of esters is 1. The number of carbonyl (C=O) groups is 1. The highest BCUT2D eigenvalue weighted by molar-refractivity contribution is 6.74. The number of fused-ring (bicyclic) bond motifs is 1. The van der Waals surface area contributed by atoms with Gasteiger partial charge in [0.1, 0.15) is 0 Å². The Bertz CT molecular complexity index is 735. The van der Waals surface area contributed by atoms with Gasteiger partial charge in [0.2, 0.25) is 11.5 Å². The van der Waals surface area contributed by atoms with Gasteiger partial charge in [-0.15, -0.1) is 0 Å². The summed E-state index contributed by atoms with van der Waals surface area (Å²) in [5.41, 5.74) is 1.20. The van der Waals surface area contributed by atoms with Crippen LogP contribution in [0.15, 0.2) is 42.2 Å². The molecular weight excluding hydrogens is 368 g/mol. The maximum atomic E-state index is 12.5. The number of hydrogen-bond donors (Lipinski definition) is 0. The zero-order valence-corrected chi connectivity index (χ0v) is 19.1. The Morgan fingerprint density at radius 1 is 1.18 bits per heavy atom. The number of benzene rings is 1. The van der Waals surface area contributed by atoms with Gasteiger partial charge in [0.25, 0.3) is 0 Å². The molecule has 1 aromatic rings. The molecule has 3 atom stereocenters. The molecule has 1 aromatic carbocycles. The summed E-state index contributed by atoms with van der Waals surface area (Å²) in [6.45, 7) is 11.2. The molecule has 1 aliphatic carbocycles. The summed E-state index contributed by atoms with van der Waals surface area (Å²) in [5.74, 6) is -0.642. The predicted octanol–water partition coefficient (Wildman–Crippen LogP) is 5.77. The molecule has 1 heterocycles. The molecule has 4 nitrogen and oxygen atoms in total. The lowest BCUT2D eigenvalue weighted by Gasteiger charge is -2.53. The maximum Gasteiger partial charge on any atom is 0.373 e. The largest absolute Gasteiger partial charge is 0.463 e. The van der Waals surface area contributed by atoms with Crippen LogP contribution in [0, 0.1) is 5.92 Å². The minimum absolute atomic E-state index is 0.0575. The molecule has 0 aromatic heterocycles. The standard InChI is InChI=1S/C23H34O4Si/c1-22(2,3)28(5,6)27-23-15-11-10-14-19(23)18(17-12-8-7-9-13-17)16-20(26-23)21(24)25-4/h7-9,12-13,16,18-19H,10-11,14-15H2,1-6H3/t18-,19+,23+/m1/s1. The lowest BCUT2D eigenvalue weighted by Crippen LogP contribution is -2.58. The molecule has 0 spiro atoms. The van der Waals surface area contributed by atoms with Crippen LogP contribution in [0.5, 0.6) is 0 Å². The number of methoxy groups -OCH3 is 1. The molecule has 0 unspecified atom stereocenters. The maximum absolute atomic E-state index is 12.5. The molecule has 3 rings (SSSR count). The Hall–Kier alpha value is -1.59. The summed E-state index contributed by atoms with van der Waals surface area (Å²) < 4.78 is 18.4. The first kappa shape index (κ1) is 21.1. The molecular formula is C23H34O4Si. The normalized spacial score (nSPS) is 28.0. The average Bonchev–Trinajstić information content (AvgIpc) is 2.65. The second kappa shape index (κ2) is 7.67. The van der Waals surface area contributed by atoms with Crippen LogP contribution in [-0.2, 0) is 18.7 Å². The number of rotatable bonds is 4. The Labute approximate surface area is 170 Å². The van der Waals surface area contributed by atoms with Crippen molar-refractivity contribution in [1.29, 1.82) is 0 Å². The monoisotopic (exact) mass is 402 g/mol. The van der Waals surface area contributed by atoms with Crippen LogP contribution >= 0.6 is 0 Å². The Kier molecular flexibility index (Phi) is 5.79. The second-order valence-corrected chi connectivity index (χ2v) is 14.3. The van der Waals surface area contributed by atoms with Crippen LogP contribution in [0.25, 0.3) is 0 Å². The fraction of sp³-hybridized carbons (Fsp3) is 0.609. The fourth-order valence-corrected chi connectivity index (χ4v) is 5.63. The van der Waals surface area contributed by atoms with Crippen LogP contribution in [0.2, 0.25) is 18.1 Å². The third-order valence-electron chi connectivity index (χ3n) is 6.71. The molecule has 5 heteroatoms. The van der Waals surface area contributed by atoms with Crippen molar-refractivity contribution >= 4 is 14.3 Å². The molecule has 1 saturated carbocycles. The Balaban J connectivity index is 2.09. The SMILES string of the molecule is COC(=O)C1=C[C@H](c2ccccc2)[C@@H]2CCCC[C@@]2(O[Si](C)(C)C(C)(C)C)O1. The van der Waals surface area contributed by atoms with Crippen molar-refractivity contribution in [2.75, 3.05) is 7.11 Å². The molecule has 0 amide bonds. The molecule has 0 bridgehead atoms. The molecule has 2 aliphatic rings. The van der Waals surface area contributed by atoms with Crippen molar-refractivity contribution in [2.24, 2.45) is 5.92 Å². The van der Waals surface area contributed by atoms with Crippen molar-refractivity contribution in [3.05, 3.63) is 47.7 Å². The second-order valence-electron chi connectivity index (χ2n) is 9.59. The van der Waals surface area contributed by atoms with E-state index in [1.54, 1.807) is 0 Å². The van der Waals surface area contributed by atoms with E-state index in [1.807, 2.05) is 12.1 Å². The van der Waals surface area contributed by atoms with Gasteiger partial charge < -0.3 is 13.9 Å². The smallest absolute Gasteiger partial charge is 0.373 e. The van der Waals surface area contributed by atoms with E-state index >= 15 is 0 Å². The minimum Gasteiger partial charge on any atom is -0.463 e. The molecule has 28 heavy (non-hydrogen) atoms. The van der Waals surface area contributed by atoms with Gasteiger partial charge in [0.05, 0.1) is 7.11 Å². The van der Waals surface area contributed by atoms with Crippen LogP contribution in [-0.4, -0.2) is 27.2 Å². The van der Waals surface area contributed by atoms with Crippen LogP contribution < -0.4 is 0 Å². The average molecular weight is 403 g/mol. The van der Waals surface area contributed by atoms with E-state index in [-0.39, 0.29) is 22.6 Å². The number of hydrogen-bond acceptors (Lipinski definition) is 4. The van der Waals surface area contributed by atoms with Crippen molar-refractivity contribution in [2.45, 2.75) is 76.3 Å². The Morgan fingerprint density at radius 3 is 2.46 bits per heavy atom. The van der Waals surface area contributed by atoms with Crippen LogP contribution in [0.3, 0.4) is 0 Å². The summed E-state index contributed by atoms with van der Waals surface area (Å²) in [4.78, 5) is 12.5. The van der Waals surface area contributed by atoms with Gasteiger partial charge in [0, 0.05) is 18.3 Å². The van der Waals surface area contributed by atoms with E-state index in [0.29, 0.717) is 0 Å². The molecule has 0 N–H and O–H groups in total. The zero-order valence-electron chi connectivity index (χ0n) is 18.1. The van der Waals surface area contributed by atoms with E-state index in [4.69, 9.17) is 13.9 Å².